The van der Waals surface area contributed by atoms with Gasteiger partial charge in [-0.1, -0.05) is 6.07 Å². The summed E-state index contributed by atoms with van der Waals surface area (Å²) >= 11 is 0. The molecule has 1 heterocycles. The molecule has 1 saturated carbocycles. The fourth-order valence-electron chi connectivity index (χ4n) is 2.94. The van der Waals surface area contributed by atoms with Crippen molar-refractivity contribution in [3.05, 3.63) is 59.4 Å². The Morgan fingerprint density at radius 3 is 2.54 bits per heavy atom. The van der Waals surface area contributed by atoms with Crippen LogP contribution in [0.1, 0.15) is 34.3 Å². The van der Waals surface area contributed by atoms with Crippen molar-refractivity contribution in [2.45, 2.75) is 26.7 Å². The number of amides is 2. The van der Waals surface area contributed by atoms with E-state index in [9.17, 15) is 9.59 Å². The molecular weight excluding hydrogens is 356 g/mol. The number of anilines is 2. The Labute approximate surface area is 162 Å². The van der Waals surface area contributed by atoms with Gasteiger partial charge in [-0.2, -0.15) is 0 Å². The van der Waals surface area contributed by atoms with Crippen molar-refractivity contribution in [3.63, 3.8) is 0 Å². The summed E-state index contributed by atoms with van der Waals surface area (Å²) in [5, 5.41) is 17.0. The lowest BCUT2D eigenvalue weighted by Gasteiger charge is -2.12. The van der Waals surface area contributed by atoms with Crippen LogP contribution in [0.25, 0.3) is 5.69 Å². The predicted molar refractivity (Wildman–Crippen MR) is 104 cm³/mol. The van der Waals surface area contributed by atoms with Crippen molar-refractivity contribution in [1.82, 2.24) is 20.2 Å². The molecule has 4 rings (SSSR count). The summed E-state index contributed by atoms with van der Waals surface area (Å²) < 4.78 is 1.55. The van der Waals surface area contributed by atoms with Crippen LogP contribution in [0.5, 0.6) is 0 Å². The van der Waals surface area contributed by atoms with Crippen LogP contribution in [0.15, 0.2) is 42.7 Å². The van der Waals surface area contributed by atoms with Crippen LogP contribution in [-0.2, 0) is 4.79 Å². The summed E-state index contributed by atoms with van der Waals surface area (Å²) in [7, 11) is 0. The van der Waals surface area contributed by atoms with E-state index >= 15 is 0 Å². The zero-order valence-electron chi connectivity index (χ0n) is 15.6. The average Bonchev–Trinajstić information content (AvgIpc) is 3.40. The molecule has 0 radical (unpaired) electrons. The lowest BCUT2D eigenvalue weighted by atomic mass is 10.1. The highest BCUT2D eigenvalue weighted by molar-refractivity contribution is 6.05. The van der Waals surface area contributed by atoms with E-state index in [2.05, 4.69) is 26.2 Å². The molecule has 0 aliphatic heterocycles. The van der Waals surface area contributed by atoms with Crippen LogP contribution >= 0.6 is 0 Å². The number of aryl methyl sites for hydroxylation is 2. The molecule has 2 N–H and O–H groups in total. The average molecular weight is 376 g/mol. The Kier molecular flexibility index (Phi) is 4.60. The van der Waals surface area contributed by atoms with Crippen LogP contribution in [0.3, 0.4) is 0 Å². The number of aromatic nitrogens is 4. The third kappa shape index (κ3) is 3.75. The second kappa shape index (κ2) is 7.22. The van der Waals surface area contributed by atoms with Crippen LogP contribution in [-0.4, -0.2) is 32.0 Å². The number of carbonyl (C=O) groups excluding carboxylic acids is 2. The van der Waals surface area contributed by atoms with Crippen LogP contribution < -0.4 is 10.6 Å². The van der Waals surface area contributed by atoms with Crippen molar-refractivity contribution in [2.24, 2.45) is 5.92 Å². The standard InChI is InChI=1S/C20H20N6O2/c1-12-3-7-16(22-19(27)14-4-5-14)10-17(12)23-20(28)15-6-8-18(13(2)9-15)26-11-21-24-25-26/h3,6-11,14H,4-5H2,1-2H3,(H,22,27)(H,23,28). The molecule has 2 amide bonds. The quantitative estimate of drug-likeness (QED) is 0.713. The van der Waals surface area contributed by atoms with Crippen molar-refractivity contribution >= 4 is 23.2 Å². The minimum absolute atomic E-state index is 0.0370. The normalized spacial score (nSPS) is 13.2. The first-order valence-corrected chi connectivity index (χ1v) is 9.08. The fourth-order valence-corrected chi connectivity index (χ4v) is 2.94. The van der Waals surface area contributed by atoms with E-state index in [1.165, 1.54) is 6.33 Å². The second-order valence-electron chi connectivity index (χ2n) is 7.00. The number of rotatable bonds is 5. The summed E-state index contributed by atoms with van der Waals surface area (Å²) in [6.45, 7) is 3.81. The van der Waals surface area contributed by atoms with E-state index in [1.807, 2.05) is 26.0 Å². The first-order valence-electron chi connectivity index (χ1n) is 9.08. The number of nitrogens with one attached hydrogen (secondary N) is 2. The molecule has 0 bridgehead atoms. The molecule has 1 aromatic heterocycles. The summed E-state index contributed by atoms with van der Waals surface area (Å²) in [6, 6.07) is 10.8. The van der Waals surface area contributed by atoms with Crippen LogP contribution in [0.2, 0.25) is 0 Å². The monoisotopic (exact) mass is 376 g/mol. The zero-order chi connectivity index (χ0) is 19.7. The number of hydrogen-bond acceptors (Lipinski definition) is 5. The summed E-state index contributed by atoms with van der Waals surface area (Å²) in [4.78, 5) is 24.7. The van der Waals surface area contributed by atoms with E-state index < -0.39 is 0 Å². The van der Waals surface area contributed by atoms with Crippen LogP contribution in [0.4, 0.5) is 11.4 Å². The van der Waals surface area contributed by atoms with Gasteiger partial charge in [0.15, 0.2) is 0 Å². The third-order valence-corrected chi connectivity index (χ3v) is 4.76. The molecule has 8 nitrogen and oxygen atoms in total. The first kappa shape index (κ1) is 17.8. The van der Waals surface area contributed by atoms with Gasteiger partial charge in [0.1, 0.15) is 6.33 Å². The van der Waals surface area contributed by atoms with E-state index in [1.54, 1.807) is 28.9 Å². The van der Waals surface area contributed by atoms with E-state index in [4.69, 9.17) is 0 Å². The summed E-state index contributed by atoms with van der Waals surface area (Å²) in [6.07, 6.45) is 3.40. The Morgan fingerprint density at radius 2 is 1.86 bits per heavy atom. The molecule has 1 aliphatic carbocycles. The summed E-state index contributed by atoms with van der Waals surface area (Å²) in [5.41, 5.74) is 4.48. The molecule has 0 unspecified atom stereocenters. The summed E-state index contributed by atoms with van der Waals surface area (Å²) in [5.74, 6) is -0.0592. The fraction of sp³-hybridized carbons (Fsp3) is 0.250. The molecule has 3 aromatic rings. The number of benzene rings is 2. The molecule has 0 saturated heterocycles. The second-order valence-corrected chi connectivity index (χ2v) is 7.00. The van der Waals surface area contributed by atoms with Gasteiger partial charge in [0.25, 0.3) is 5.91 Å². The molecule has 28 heavy (non-hydrogen) atoms. The van der Waals surface area contributed by atoms with E-state index in [0.29, 0.717) is 16.9 Å². The molecule has 8 heteroatoms. The van der Waals surface area contributed by atoms with Crippen LogP contribution in [0, 0.1) is 19.8 Å². The maximum absolute atomic E-state index is 12.7. The van der Waals surface area contributed by atoms with Gasteiger partial charge >= 0.3 is 0 Å². The van der Waals surface area contributed by atoms with Crippen molar-refractivity contribution in [3.8, 4) is 5.69 Å². The van der Waals surface area contributed by atoms with Gasteiger partial charge in [-0.15, -0.1) is 5.10 Å². The van der Waals surface area contributed by atoms with Gasteiger partial charge in [0.05, 0.1) is 5.69 Å². The lowest BCUT2D eigenvalue weighted by Crippen LogP contribution is -2.15. The number of carbonyl (C=O) groups is 2. The SMILES string of the molecule is Cc1ccc(NC(=O)C2CC2)cc1NC(=O)c1ccc(-n2cnnn2)c(C)c1. The molecule has 0 atom stereocenters. The maximum Gasteiger partial charge on any atom is 0.255 e. The lowest BCUT2D eigenvalue weighted by molar-refractivity contribution is -0.117. The zero-order valence-corrected chi connectivity index (χ0v) is 15.6. The Hall–Kier alpha value is -3.55. The molecule has 0 spiro atoms. The van der Waals surface area contributed by atoms with E-state index in [0.717, 1.165) is 29.7 Å². The smallest absolute Gasteiger partial charge is 0.255 e. The number of nitrogens with zero attached hydrogens (tertiary/aromatic N) is 4. The first-order chi connectivity index (χ1) is 13.5. The topological polar surface area (TPSA) is 102 Å². The molecule has 142 valence electrons. The Bertz CT molecular complexity index is 1040. The molecular formula is C20H20N6O2. The van der Waals surface area contributed by atoms with Gasteiger partial charge in [-0.3, -0.25) is 9.59 Å². The van der Waals surface area contributed by atoms with Crippen molar-refractivity contribution in [2.75, 3.05) is 10.6 Å². The predicted octanol–water partition coefficient (Wildman–Crippen LogP) is 2.88. The van der Waals surface area contributed by atoms with Gasteiger partial charge in [0.2, 0.25) is 5.91 Å². The van der Waals surface area contributed by atoms with Gasteiger partial charge in [-0.05, 0) is 78.6 Å². The van der Waals surface area contributed by atoms with Crippen molar-refractivity contribution < 1.29 is 9.59 Å². The van der Waals surface area contributed by atoms with Gasteiger partial charge < -0.3 is 10.6 Å². The number of hydrogen-bond donors (Lipinski definition) is 2. The van der Waals surface area contributed by atoms with E-state index in [-0.39, 0.29) is 17.7 Å². The highest BCUT2D eigenvalue weighted by Crippen LogP contribution is 2.31. The highest BCUT2D eigenvalue weighted by Gasteiger charge is 2.29. The third-order valence-electron chi connectivity index (χ3n) is 4.76. The minimum Gasteiger partial charge on any atom is -0.326 e. The van der Waals surface area contributed by atoms with Gasteiger partial charge in [0, 0.05) is 22.9 Å². The van der Waals surface area contributed by atoms with Crippen molar-refractivity contribution in [1.29, 1.82) is 0 Å². The molecule has 1 fully saturated rings. The molecule has 2 aromatic carbocycles. The number of tetrazole rings is 1. The Balaban J connectivity index is 1.51. The Morgan fingerprint density at radius 1 is 1.04 bits per heavy atom. The van der Waals surface area contributed by atoms with Gasteiger partial charge in [-0.25, -0.2) is 4.68 Å². The maximum atomic E-state index is 12.7. The minimum atomic E-state index is -0.222. The molecule has 1 aliphatic rings. The highest BCUT2D eigenvalue weighted by atomic mass is 16.2. The largest absolute Gasteiger partial charge is 0.326 e.